The summed E-state index contributed by atoms with van der Waals surface area (Å²) in [7, 11) is -3.52. The summed E-state index contributed by atoms with van der Waals surface area (Å²) < 4.78 is 27.0. The lowest BCUT2D eigenvalue weighted by atomic mass is 10.2. The zero-order chi connectivity index (χ0) is 16.3. The van der Waals surface area contributed by atoms with E-state index < -0.39 is 10.0 Å². The van der Waals surface area contributed by atoms with Crippen LogP contribution in [-0.2, 0) is 15.8 Å². The molecule has 0 atom stereocenters. The largest absolute Gasteiger partial charge is 0.257 e. The third-order valence-electron chi connectivity index (χ3n) is 3.13. The highest BCUT2D eigenvalue weighted by molar-refractivity contribution is 7.92. The number of aromatic nitrogens is 2. The van der Waals surface area contributed by atoms with Gasteiger partial charge in [0.2, 0.25) is 15.2 Å². The maximum absolute atomic E-state index is 12.3. The van der Waals surface area contributed by atoms with Crippen LogP contribution in [0.15, 0.2) is 54.6 Å². The van der Waals surface area contributed by atoms with E-state index in [1.165, 1.54) is 11.3 Å². The van der Waals surface area contributed by atoms with Crippen LogP contribution in [0.3, 0.4) is 0 Å². The van der Waals surface area contributed by atoms with E-state index in [2.05, 4.69) is 14.9 Å². The zero-order valence-corrected chi connectivity index (χ0v) is 14.1. The standard InChI is InChI=1S/C16H15N3O2S2/c1-12-6-5-7-13(10-12)11-23(20,21)19-16-18-17-15(22-16)14-8-3-2-4-9-14/h2-10H,11H2,1H3,(H,18,19). The number of sulfonamides is 1. The number of hydrogen-bond donors (Lipinski definition) is 1. The Morgan fingerprint density at radius 3 is 2.57 bits per heavy atom. The van der Waals surface area contributed by atoms with Gasteiger partial charge < -0.3 is 0 Å². The van der Waals surface area contributed by atoms with Gasteiger partial charge in [0.25, 0.3) is 0 Å². The van der Waals surface area contributed by atoms with Gasteiger partial charge in [-0.1, -0.05) is 71.5 Å². The van der Waals surface area contributed by atoms with Crippen molar-refractivity contribution in [2.24, 2.45) is 0 Å². The summed E-state index contributed by atoms with van der Waals surface area (Å²) in [5.74, 6) is -0.0884. The molecule has 2 aromatic carbocycles. The lowest BCUT2D eigenvalue weighted by molar-refractivity contribution is 0.600. The lowest BCUT2D eigenvalue weighted by Gasteiger charge is -2.05. The summed E-state index contributed by atoms with van der Waals surface area (Å²) in [5.41, 5.74) is 2.68. The van der Waals surface area contributed by atoms with E-state index in [1.54, 1.807) is 6.07 Å². The first-order valence-corrected chi connectivity index (χ1v) is 9.44. The number of rotatable bonds is 5. The fourth-order valence-corrected chi connectivity index (χ4v) is 4.30. The molecule has 0 amide bonds. The third-order valence-corrected chi connectivity index (χ3v) is 5.36. The fraction of sp³-hybridized carbons (Fsp3) is 0.125. The molecule has 23 heavy (non-hydrogen) atoms. The Bertz CT molecular complexity index is 906. The quantitative estimate of drug-likeness (QED) is 0.769. The Hall–Kier alpha value is -2.25. The van der Waals surface area contributed by atoms with Crippen molar-refractivity contribution >= 4 is 26.5 Å². The van der Waals surface area contributed by atoms with Crippen molar-refractivity contribution in [3.8, 4) is 10.6 Å². The molecule has 0 spiro atoms. The van der Waals surface area contributed by atoms with Crippen molar-refractivity contribution in [3.05, 3.63) is 65.7 Å². The molecule has 0 unspecified atom stereocenters. The van der Waals surface area contributed by atoms with Crippen LogP contribution < -0.4 is 4.72 Å². The highest BCUT2D eigenvalue weighted by Gasteiger charge is 2.15. The molecule has 1 heterocycles. The van der Waals surface area contributed by atoms with E-state index in [0.29, 0.717) is 5.01 Å². The van der Waals surface area contributed by atoms with Crippen molar-refractivity contribution in [1.29, 1.82) is 0 Å². The van der Waals surface area contributed by atoms with Crippen LogP contribution >= 0.6 is 11.3 Å². The number of nitrogens with one attached hydrogen (secondary N) is 1. The Morgan fingerprint density at radius 2 is 1.83 bits per heavy atom. The van der Waals surface area contributed by atoms with Crippen LogP contribution in [0.2, 0.25) is 0 Å². The molecule has 3 rings (SSSR count). The molecular formula is C16H15N3O2S2. The van der Waals surface area contributed by atoms with Crippen LogP contribution in [0, 0.1) is 6.92 Å². The summed E-state index contributed by atoms with van der Waals surface area (Å²) >= 11 is 1.21. The lowest BCUT2D eigenvalue weighted by Crippen LogP contribution is -2.15. The van der Waals surface area contributed by atoms with Gasteiger partial charge >= 0.3 is 0 Å². The van der Waals surface area contributed by atoms with E-state index in [1.807, 2.05) is 55.5 Å². The number of nitrogens with zero attached hydrogens (tertiary/aromatic N) is 2. The van der Waals surface area contributed by atoms with Crippen LogP contribution in [0.4, 0.5) is 5.13 Å². The minimum absolute atomic E-state index is 0.0884. The van der Waals surface area contributed by atoms with Gasteiger partial charge in [-0.2, -0.15) is 0 Å². The SMILES string of the molecule is Cc1cccc(CS(=O)(=O)Nc2nnc(-c3ccccc3)s2)c1. The van der Waals surface area contributed by atoms with E-state index in [4.69, 9.17) is 0 Å². The molecule has 0 aliphatic carbocycles. The van der Waals surface area contributed by atoms with Gasteiger partial charge in [0.05, 0.1) is 5.75 Å². The van der Waals surface area contributed by atoms with Gasteiger partial charge in [-0.05, 0) is 12.5 Å². The van der Waals surface area contributed by atoms with Crippen LogP contribution in [-0.4, -0.2) is 18.6 Å². The molecule has 0 aliphatic rings. The van der Waals surface area contributed by atoms with Crippen LogP contribution in [0.1, 0.15) is 11.1 Å². The van der Waals surface area contributed by atoms with E-state index in [0.717, 1.165) is 16.7 Å². The van der Waals surface area contributed by atoms with E-state index in [-0.39, 0.29) is 10.9 Å². The van der Waals surface area contributed by atoms with Gasteiger partial charge in [-0.3, -0.25) is 4.72 Å². The van der Waals surface area contributed by atoms with Crippen molar-refractivity contribution in [1.82, 2.24) is 10.2 Å². The number of benzene rings is 2. The molecule has 118 valence electrons. The van der Waals surface area contributed by atoms with Crippen molar-refractivity contribution < 1.29 is 8.42 Å². The second-order valence-electron chi connectivity index (χ2n) is 5.13. The van der Waals surface area contributed by atoms with Gasteiger partial charge in [0.15, 0.2) is 0 Å². The molecule has 0 saturated carbocycles. The normalized spacial score (nSPS) is 11.3. The molecule has 5 nitrogen and oxygen atoms in total. The fourth-order valence-electron chi connectivity index (χ4n) is 2.15. The summed E-state index contributed by atoms with van der Waals surface area (Å²) in [6.07, 6.45) is 0. The average molecular weight is 345 g/mol. The second-order valence-corrected chi connectivity index (χ2v) is 7.83. The molecule has 0 saturated heterocycles. The minimum Gasteiger partial charge on any atom is -0.257 e. The highest BCUT2D eigenvalue weighted by atomic mass is 32.2. The maximum Gasteiger partial charge on any atom is 0.238 e. The molecule has 7 heteroatoms. The predicted molar refractivity (Wildman–Crippen MR) is 92.8 cm³/mol. The van der Waals surface area contributed by atoms with Crippen LogP contribution in [0.5, 0.6) is 0 Å². The molecule has 3 aromatic rings. The highest BCUT2D eigenvalue weighted by Crippen LogP contribution is 2.26. The van der Waals surface area contributed by atoms with Gasteiger partial charge in [-0.25, -0.2) is 8.42 Å². The minimum atomic E-state index is -3.52. The average Bonchev–Trinajstić information content (AvgIpc) is 2.95. The zero-order valence-electron chi connectivity index (χ0n) is 12.4. The maximum atomic E-state index is 12.3. The van der Waals surface area contributed by atoms with Gasteiger partial charge in [0, 0.05) is 5.56 Å². The molecule has 0 radical (unpaired) electrons. The van der Waals surface area contributed by atoms with Crippen molar-refractivity contribution in [2.45, 2.75) is 12.7 Å². The monoisotopic (exact) mass is 345 g/mol. The van der Waals surface area contributed by atoms with Gasteiger partial charge in [0.1, 0.15) is 5.01 Å². The summed E-state index contributed by atoms with van der Waals surface area (Å²) in [4.78, 5) is 0. The van der Waals surface area contributed by atoms with E-state index in [9.17, 15) is 8.42 Å². The molecule has 0 aliphatic heterocycles. The second kappa shape index (κ2) is 6.47. The Labute approximate surface area is 139 Å². The Balaban J connectivity index is 1.75. The smallest absolute Gasteiger partial charge is 0.238 e. The number of aryl methyl sites for hydroxylation is 1. The van der Waals surface area contributed by atoms with E-state index >= 15 is 0 Å². The van der Waals surface area contributed by atoms with Crippen LogP contribution in [0.25, 0.3) is 10.6 Å². The van der Waals surface area contributed by atoms with Crippen molar-refractivity contribution in [2.75, 3.05) is 4.72 Å². The molecule has 1 N–H and O–H groups in total. The molecule has 0 fully saturated rings. The number of anilines is 1. The molecule has 0 bridgehead atoms. The first kappa shape index (κ1) is 15.6. The topological polar surface area (TPSA) is 72.0 Å². The Kier molecular flexibility index (Phi) is 4.40. The third kappa shape index (κ3) is 4.14. The first-order chi connectivity index (χ1) is 11.0. The summed E-state index contributed by atoms with van der Waals surface area (Å²) in [6.45, 7) is 1.93. The first-order valence-electron chi connectivity index (χ1n) is 6.97. The van der Waals surface area contributed by atoms with Gasteiger partial charge in [-0.15, -0.1) is 10.2 Å². The summed E-state index contributed by atoms with van der Waals surface area (Å²) in [6, 6.07) is 17.0. The summed E-state index contributed by atoms with van der Waals surface area (Å²) in [5, 5.41) is 8.90. The van der Waals surface area contributed by atoms with Crippen molar-refractivity contribution in [3.63, 3.8) is 0 Å². The molecule has 1 aromatic heterocycles. The molecular weight excluding hydrogens is 330 g/mol. The Morgan fingerprint density at radius 1 is 1.04 bits per heavy atom. The predicted octanol–water partition coefficient (Wildman–Crippen LogP) is 3.46. The number of hydrogen-bond acceptors (Lipinski definition) is 5.